The molecule has 0 amide bonds. The third kappa shape index (κ3) is 19.7. The number of phenolic OH excluding ortho intramolecular Hbond substituents is 2. The molecule has 0 unspecified atom stereocenters. The van der Waals surface area contributed by atoms with Crippen molar-refractivity contribution in [1.82, 2.24) is 0 Å². The topological polar surface area (TPSA) is 629 Å². The quantitative estimate of drug-likeness (QED) is 0.0265. The van der Waals surface area contributed by atoms with Crippen LogP contribution in [0.3, 0.4) is 0 Å². The van der Waals surface area contributed by atoms with Gasteiger partial charge in [-0.05, 0) is 96.4 Å². The molecule has 0 aliphatic rings. The SMILES string of the molecule is O=[N+]([O-])c1cc(N=Nc2ccc(O)c(N=Nc3ccc(Nc4ccc([N+](=O)[O-])cc4S(=O)(=O)[O-])cc3)c2[O-])c([O-])c([N+](=O)[O-])c1.O=[N+]([O-])c1cc(N=Nc2ccc(O)c(N=Nc3ccc(Nc4ccc([N+](=O)[O-])cc4S(=O)(=O)[O-])cc3)c2[O-])c([O-])c([N+](=O)[O-])c1.[Cr+3].[Na+].[Na+].[Na+]. The first-order valence-electron chi connectivity index (χ1n) is 23.5. The van der Waals surface area contributed by atoms with Crippen LogP contribution < -0.4 is 120 Å². The van der Waals surface area contributed by atoms with Crippen molar-refractivity contribution in [2.24, 2.45) is 40.9 Å². The normalized spacial score (nSPS) is 11.1. The van der Waals surface area contributed by atoms with Gasteiger partial charge in [-0.15, -0.1) is 10.2 Å². The smallest absolute Gasteiger partial charge is 0.869 e. The number of aromatic hydroxyl groups is 2. The maximum Gasteiger partial charge on any atom is 3.00 e. The summed E-state index contributed by atoms with van der Waals surface area (Å²) in [4.78, 5) is 58.5. The Morgan fingerprint density at radius 1 is 0.351 bits per heavy atom. The minimum absolute atomic E-state index is 0. The molecule has 0 heterocycles. The molecule has 0 aromatic heterocycles. The molecule has 8 rings (SSSR count). The van der Waals surface area contributed by atoms with Crippen LogP contribution in [0.2, 0.25) is 0 Å². The van der Waals surface area contributed by atoms with Gasteiger partial charge in [0.05, 0.1) is 97.0 Å². The molecular weight excluding hydrogens is 1370 g/mol. The number of nitrogens with zero attached hydrogens (tertiary/aromatic N) is 14. The predicted octanol–water partition coefficient (Wildman–Crippen LogP) is 0.495. The molecule has 463 valence electrons. The number of benzene rings is 8. The van der Waals surface area contributed by atoms with Crippen molar-refractivity contribution >= 4 is 123 Å². The van der Waals surface area contributed by atoms with Crippen molar-refractivity contribution in [3.8, 4) is 34.5 Å². The van der Waals surface area contributed by atoms with Gasteiger partial charge in [-0.2, -0.15) is 30.7 Å². The number of anilines is 4. The van der Waals surface area contributed by atoms with Crippen molar-refractivity contribution in [2.45, 2.75) is 9.79 Å². The number of phenols is 2. The van der Waals surface area contributed by atoms with Gasteiger partial charge in [0, 0.05) is 59.3 Å². The molecule has 0 aliphatic carbocycles. The fourth-order valence-electron chi connectivity index (χ4n) is 7.08. The molecule has 0 fully saturated rings. The Kier molecular flexibility index (Phi) is 27.8. The van der Waals surface area contributed by atoms with Crippen LogP contribution in [0.1, 0.15) is 0 Å². The van der Waals surface area contributed by atoms with Gasteiger partial charge in [-0.25, -0.2) is 16.8 Å². The number of hydrogen-bond acceptors (Lipinski definition) is 34. The Labute approximate surface area is 599 Å². The van der Waals surface area contributed by atoms with Gasteiger partial charge in [0.1, 0.15) is 43.1 Å². The van der Waals surface area contributed by atoms with E-state index in [2.05, 4.69) is 51.5 Å². The molecule has 4 N–H and O–H groups in total. The Morgan fingerprint density at radius 3 is 0.947 bits per heavy atom. The van der Waals surface area contributed by atoms with E-state index in [1.54, 1.807) is 0 Å². The Hall–Kier alpha value is -9.69. The summed E-state index contributed by atoms with van der Waals surface area (Å²) in [7, 11) is -10.2. The van der Waals surface area contributed by atoms with E-state index in [-0.39, 0.29) is 140 Å². The monoisotopic (exact) mass is 1390 g/mol. The molecule has 0 aliphatic heterocycles. The number of non-ortho nitro benzene ring substituents is 4. The van der Waals surface area contributed by atoms with Crippen LogP contribution in [0.15, 0.2) is 184 Å². The van der Waals surface area contributed by atoms with Crippen LogP contribution in [0.25, 0.3) is 0 Å². The van der Waals surface area contributed by atoms with Crippen molar-refractivity contribution in [3.05, 3.63) is 194 Å². The summed E-state index contributed by atoms with van der Waals surface area (Å²) in [6, 6.07) is 22.1. The summed E-state index contributed by atoms with van der Waals surface area (Å²) in [5.74, 6) is -5.95. The Morgan fingerprint density at radius 2 is 0.660 bits per heavy atom. The second-order valence-electron chi connectivity index (χ2n) is 17.1. The fourth-order valence-corrected chi connectivity index (χ4v) is 8.39. The largest absolute Gasteiger partial charge is 3.00 e. The summed E-state index contributed by atoms with van der Waals surface area (Å²) < 4.78 is 69.7. The molecule has 46 heteroatoms. The first-order chi connectivity index (χ1) is 42.3. The van der Waals surface area contributed by atoms with Gasteiger partial charge >= 0.3 is 106 Å². The average Bonchev–Trinajstić information content (AvgIpc) is 0.851. The second-order valence-corrected chi connectivity index (χ2v) is 19.8. The van der Waals surface area contributed by atoms with Gasteiger partial charge in [0.2, 0.25) is 0 Å². The Balaban J connectivity index is 0.000000470. The minimum atomic E-state index is -5.09. The summed E-state index contributed by atoms with van der Waals surface area (Å²) in [6.45, 7) is 0. The van der Waals surface area contributed by atoms with E-state index in [0.717, 1.165) is 48.5 Å². The van der Waals surface area contributed by atoms with Crippen molar-refractivity contribution < 1.29 is 192 Å². The first kappa shape index (κ1) is 78.6. The van der Waals surface area contributed by atoms with Gasteiger partial charge in [0.15, 0.2) is 0 Å². The van der Waals surface area contributed by atoms with Crippen LogP contribution in [0.4, 0.5) is 102 Å². The summed E-state index contributed by atoms with van der Waals surface area (Å²) >= 11 is 0. The zero-order chi connectivity index (χ0) is 66.1. The van der Waals surface area contributed by atoms with Gasteiger partial charge in [-0.1, -0.05) is 0 Å². The second kappa shape index (κ2) is 33.2. The number of rotatable bonds is 20. The van der Waals surface area contributed by atoms with E-state index in [1.165, 1.54) is 48.5 Å². The average molecular weight is 1400 g/mol. The van der Waals surface area contributed by atoms with Gasteiger partial charge in [-0.3, -0.25) is 60.7 Å². The molecular formula is C48H26CrN16Na3O24S2. The van der Waals surface area contributed by atoms with Crippen LogP contribution in [0, 0.1) is 60.7 Å². The molecule has 0 bridgehead atoms. The maximum atomic E-state index is 12.8. The standard InChI is InChI=1S/2C24H16N8O12S.Cr.3Na/c2*33-20-8-7-17(27-28-18-9-15(31(38)39)10-19(23(18)34)32(40)41)24(35)22(20)29-26-13-3-1-12(2-4-13)25-16-6-5-14(30(36)37)11-21(16)45(42,43)44;;;;/h2*1-11,25,33-35H,(H,42,43,44);;;;/q;;+3;3*+1/p-6. The van der Waals surface area contributed by atoms with E-state index >= 15 is 0 Å². The summed E-state index contributed by atoms with van der Waals surface area (Å²) in [5.41, 5.74) is -8.81. The third-order valence-electron chi connectivity index (χ3n) is 11.3. The molecule has 8 aromatic rings. The molecule has 0 spiro atoms. The Bertz CT molecular complexity index is 4390. The van der Waals surface area contributed by atoms with Crippen LogP contribution in [-0.4, -0.2) is 65.7 Å². The molecule has 94 heavy (non-hydrogen) atoms. The predicted molar refractivity (Wildman–Crippen MR) is 292 cm³/mol. The van der Waals surface area contributed by atoms with E-state index in [0.29, 0.717) is 36.4 Å². The van der Waals surface area contributed by atoms with Crippen LogP contribution in [-0.2, 0) is 37.6 Å². The van der Waals surface area contributed by atoms with Crippen molar-refractivity contribution in [2.75, 3.05) is 10.6 Å². The van der Waals surface area contributed by atoms with E-state index in [4.69, 9.17) is 0 Å². The number of azo groups is 4. The third-order valence-corrected chi connectivity index (χ3v) is 13.1. The van der Waals surface area contributed by atoms with Crippen molar-refractivity contribution in [3.63, 3.8) is 0 Å². The minimum Gasteiger partial charge on any atom is -0.869 e. The molecule has 0 saturated heterocycles. The molecule has 0 saturated carbocycles. The van der Waals surface area contributed by atoms with E-state index < -0.39 is 162 Å². The van der Waals surface area contributed by atoms with E-state index in [9.17, 15) is 117 Å². The van der Waals surface area contributed by atoms with Crippen molar-refractivity contribution in [1.29, 1.82) is 0 Å². The zero-order valence-corrected chi connectivity index (χ0v) is 56.0. The van der Waals surface area contributed by atoms with Gasteiger partial charge in [0.25, 0.3) is 34.1 Å². The fraction of sp³-hybridized carbons (Fsp3) is 0. The number of hydrogen-bond donors (Lipinski definition) is 4. The first-order valence-corrected chi connectivity index (χ1v) is 26.4. The molecule has 8 aromatic carbocycles. The number of nitro groups is 6. The van der Waals surface area contributed by atoms with Crippen LogP contribution in [0.5, 0.6) is 34.5 Å². The maximum absolute atomic E-state index is 12.8. The molecule has 40 nitrogen and oxygen atoms in total. The van der Waals surface area contributed by atoms with Crippen LogP contribution >= 0.6 is 0 Å². The number of nitrogens with one attached hydrogen (secondary N) is 2. The summed E-state index contributed by atoms with van der Waals surface area (Å²) in [5, 5.41) is 171. The molecule has 1 radical (unpaired) electrons. The van der Waals surface area contributed by atoms with Gasteiger partial charge < -0.3 is 50.4 Å². The summed E-state index contributed by atoms with van der Waals surface area (Å²) in [6.07, 6.45) is 0. The zero-order valence-electron chi connectivity index (χ0n) is 47.1. The number of nitro benzene ring substituents is 6. The van der Waals surface area contributed by atoms with E-state index in [1.807, 2.05) is 0 Å². The molecule has 0 atom stereocenters.